The number of rotatable bonds is 4. The van der Waals surface area contributed by atoms with Crippen molar-refractivity contribution < 1.29 is 9.47 Å². The Morgan fingerprint density at radius 1 is 1.17 bits per heavy atom. The summed E-state index contributed by atoms with van der Waals surface area (Å²) in [6.45, 7) is 0. The Morgan fingerprint density at radius 2 is 2.00 bits per heavy atom. The summed E-state index contributed by atoms with van der Waals surface area (Å²) < 4.78 is 12.7. The number of nitrogens with zero attached hydrogens (tertiary/aromatic N) is 2. The maximum atomic E-state index is 5.46. The molecule has 3 rings (SSSR count). The number of ether oxygens (including phenoxy) is 2. The van der Waals surface area contributed by atoms with Gasteiger partial charge in [0.2, 0.25) is 0 Å². The number of hydrogen-bond donors (Lipinski definition) is 0. The van der Waals surface area contributed by atoms with E-state index in [0.717, 1.165) is 17.2 Å². The van der Waals surface area contributed by atoms with Crippen LogP contribution in [0.4, 0.5) is 0 Å². The Hall–Kier alpha value is -1.97. The normalized spacial score (nSPS) is 14.6. The zero-order valence-electron chi connectivity index (χ0n) is 10.6. The molecule has 1 saturated carbocycles. The lowest BCUT2D eigenvalue weighted by atomic mass is 10.2. The molecule has 1 aliphatic carbocycles. The van der Waals surface area contributed by atoms with Gasteiger partial charge < -0.3 is 9.47 Å². The highest BCUT2D eigenvalue weighted by molar-refractivity contribution is 5.56. The Labute approximate surface area is 106 Å². The van der Waals surface area contributed by atoms with Crippen molar-refractivity contribution in [2.75, 3.05) is 14.2 Å². The third-order valence-electron chi connectivity index (χ3n) is 3.28. The van der Waals surface area contributed by atoms with E-state index in [4.69, 9.17) is 9.47 Å². The molecule has 0 atom stereocenters. The highest BCUT2D eigenvalue weighted by Gasteiger charge is 2.28. The van der Waals surface area contributed by atoms with Crippen LogP contribution in [0.1, 0.15) is 24.5 Å². The van der Waals surface area contributed by atoms with Crippen LogP contribution in [0.5, 0.6) is 11.5 Å². The molecular weight excluding hydrogens is 228 g/mol. The van der Waals surface area contributed by atoms with Crippen molar-refractivity contribution in [1.29, 1.82) is 0 Å². The van der Waals surface area contributed by atoms with Gasteiger partial charge in [0.15, 0.2) is 11.5 Å². The number of hydrogen-bond acceptors (Lipinski definition) is 3. The number of methoxy groups -OCH3 is 2. The standard InChI is InChI=1S/C14H16N2O2/c1-17-13-5-3-4-12(14(13)18-2)16-11(8-9-15-16)10-6-7-10/h3-5,8-10H,6-7H2,1-2H3. The van der Waals surface area contributed by atoms with E-state index in [2.05, 4.69) is 11.2 Å². The summed E-state index contributed by atoms with van der Waals surface area (Å²) in [5, 5.41) is 4.41. The molecule has 1 heterocycles. The third kappa shape index (κ3) is 1.74. The third-order valence-corrected chi connectivity index (χ3v) is 3.28. The lowest BCUT2D eigenvalue weighted by Crippen LogP contribution is -2.04. The van der Waals surface area contributed by atoms with Crippen molar-refractivity contribution in [1.82, 2.24) is 9.78 Å². The maximum Gasteiger partial charge on any atom is 0.186 e. The monoisotopic (exact) mass is 244 g/mol. The molecule has 18 heavy (non-hydrogen) atoms. The highest BCUT2D eigenvalue weighted by Crippen LogP contribution is 2.42. The molecule has 4 heteroatoms. The molecule has 94 valence electrons. The summed E-state index contributed by atoms with van der Waals surface area (Å²) in [6.07, 6.45) is 4.34. The fraction of sp³-hybridized carbons (Fsp3) is 0.357. The predicted octanol–water partition coefficient (Wildman–Crippen LogP) is 2.77. The molecule has 1 aliphatic rings. The van der Waals surface area contributed by atoms with Gasteiger partial charge in [-0.15, -0.1) is 0 Å². The fourth-order valence-electron chi connectivity index (χ4n) is 2.24. The first-order valence-corrected chi connectivity index (χ1v) is 6.10. The zero-order chi connectivity index (χ0) is 12.5. The average molecular weight is 244 g/mol. The van der Waals surface area contributed by atoms with Gasteiger partial charge in [-0.3, -0.25) is 0 Å². The second kappa shape index (κ2) is 4.37. The fourth-order valence-corrected chi connectivity index (χ4v) is 2.24. The molecule has 0 saturated heterocycles. The van der Waals surface area contributed by atoms with E-state index in [-0.39, 0.29) is 0 Å². The van der Waals surface area contributed by atoms with Crippen LogP contribution >= 0.6 is 0 Å². The van der Waals surface area contributed by atoms with Crippen LogP contribution in [0.3, 0.4) is 0 Å². The van der Waals surface area contributed by atoms with E-state index < -0.39 is 0 Å². The van der Waals surface area contributed by atoms with E-state index in [9.17, 15) is 0 Å². The second-order valence-corrected chi connectivity index (χ2v) is 4.45. The van der Waals surface area contributed by atoms with Crippen molar-refractivity contribution in [3.05, 3.63) is 36.2 Å². The molecule has 4 nitrogen and oxygen atoms in total. The smallest absolute Gasteiger partial charge is 0.186 e. The number of para-hydroxylation sites is 1. The molecule has 0 amide bonds. The maximum absolute atomic E-state index is 5.46. The van der Waals surface area contributed by atoms with E-state index in [1.54, 1.807) is 14.2 Å². The van der Waals surface area contributed by atoms with Crippen molar-refractivity contribution >= 4 is 0 Å². The molecule has 0 spiro atoms. The van der Waals surface area contributed by atoms with Gasteiger partial charge in [0.1, 0.15) is 5.69 Å². The lowest BCUT2D eigenvalue weighted by Gasteiger charge is -2.14. The van der Waals surface area contributed by atoms with E-state index in [0.29, 0.717) is 5.92 Å². The Bertz CT molecular complexity index is 559. The molecular formula is C14H16N2O2. The Kier molecular flexibility index (Phi) is 2.70. The molecule has 1 aromatic carbocycles. The van der Waals surface area contributed by atoms with Crippen molar-refractivity contribution in [2.24, 2.45) is 0 Å². The summed E-state index contributed by atoms with van der Waals surface area (Å²) in [6, 6.07) is 7.93. The molecule has 2 aromatic rings. The van der Waals surface area contributed by atoms with Crippen LogP contribution in [0.15, 0.2) is 30.5 Å². The van der Waals surface area contributed by atoms with Gasteiger partial charge >= 0.3 is 0 Å². The van der Waals surface area contributed by atoms with Crippen molar-refractivity contribution in [2.45, 2.75) is 18.8 Å². The van der Waals surface area contributed by atoms with Gasteiger partial charge in [-0.1, -0.05) is 6.07 Å². The molecule has 0 aliphatic heterocycles. The van der Waals surface area contributed by atoms with E-state index in [1.165, 1.54) is 18.5 Å². The van der Waals surface area contributed by atoms with E-state index >= 15 is 0 Å². The predicted molar refractivity (Wildman–Crippen MR) is 68.6 cm³/mol. The largest absolute Gasteiger partial charge is 0.493 e. The van der Waals surface area contributed by atoms with Crippen LogP contribution in [0, 0.1) is 0 Å². The summed E-state index contributed by atoms with van der Waals surface area (Å²) in [5.41, 5.74) is 2.19. The minimum absolute atomic E-state index is 0.642. The molecule has 0 radical (unpaired) electrons. The second-order valence-electron chi connectivity index (χ2n) is 4.45. The van der Waals surface area contributed by atoms with Gasteiger partial charge in [0, 0.05) is 17.8 Å². The first-order chi connectivity index (χ1) is 8.85. The van der Waals surface area contributed by atoms with Gasteiger partial charge in [-0.05, 0) is 31.0 Å². The number of aromatic nitrogens is 2. The number of benzene rings is 1. The summed E-state index contributed by atoms with van der Waals surface area (Å²) in [5.74, 6) is 2.10. The first-order valence-electron chi connectivity index (χ1n) is 6.10. The zero-order valence-corrected chi connectivity index (χ0v) is 10.6. The topological polar surface area (TPSA) is 36.3 Å². The van der Waals surface area contributed by atoms with Crippen LogP contribution in [-0.2, 0) is 0 Å². The van der Waals surface area contributed by atoms with Gasteiger partial charge in [-0.25, -0.2) is 4.68 Å². The summed E-state index contributed by atoms with van der Waals surface area (Å²) >= 11 is 0. The minimum atomic E-state index is 0.642. The first kappa shape index (κ1) is 11.1. The van der Waals surface area contributed by atoms with Crippen LogP contribution in [-0.4, -0.2) is 24.0 Å². The Morgan fingerprint density at radius 3 is 2.67 bits per heavy atom. The summed E-state index contributed by atoms with van der Waals surface area (Å²) in [4.78, 5) is 0. The average Bonchev–Trinajstić information content (AvgIpc) is 3.15. The van der Waals surface area contributed by atoms with Crippen molar-refractivity contribution in [3.8, 4) is 17.2 Å². The van der Waals surface area contributed by atoms with Gasteiger partial charge in [-0.2, -0.15) is 5.10 Å². The van der Waals surface area contributed by atoms with Crippen LogP contribution < -0.4 is 9.47 Å². The van der Waals surface area contributed by atoms with E-state index in [1.807, 2.05) is 29.1 Å². The molecule has 1 fully saturated rings. The molecule has 1 aromatic heterocycles. The molecule has 0 bridgehead atoms. The summed E-state index contributed by atoms with van der Waals surface area (Å²) in [7, 11) is 3.30. The lowest BCUT2D eigenvalue weighted by molar-refractivity contribution is 0.353. The van der Waals surface area contributed by atoms with Crippen molar-refractivity contribution in [3.63, 3.8) is 0 Å². The minimum Gasteiger partial charge on any atom is -0.493 e. The molecule has 0 N–H and O–H groups in total. The quantitative estimate of drug-likeness (QED) is 0.829. The van der Waals surface area contributed by atoms with Gasteiger partial charge in [0.25, 0.3) is 0 Å². The Balaban J connectivity index is 2.12. The highest BCUT2D eigenvalue weighted by atomic mass is 16.5. The van der Waals surface area contributed by atoms with Gasteiger partial charge in [0.05, 0.1) is 14.2 Å². The molecule has 0 unspecified atom stereocenters. The van der Waals surface area contributed by atoms with Crippen LogP contribution in [0.2, 0.25) is 0 Å². The SMILES string of the molecule is COc1cccc(-n2nccc2C2CC2)c1OC. The van der Waals surface area contributed by atoms with Crippen LogP contribution in [0.25, 0.3) is 5.69 Å².